The predicted molar refractivity (Wildman–Crippen MR) is 43.1 cm³/mol. The number of halogens is 1. The van der Waals surface area contributed by atoms with E-state index in [2.05, 4.69) is 0 Å². The number of methoxy groups -OCH3 is 1. The van der Waals surface area contributed by atoms with E-state index in [-0.39, 0.29) is 16.8 Å². The fourth-order valence-electron chi connectivity index (χ4n) is 0.871. The molecule has 0 atom stereocenters. The van der Waals surface area contributed by atoms with Crippen LogP contribution < -0.4 is 10.2 Å². The Bertz CT molecular complexity index is 346. The normalized spacial score (nSPS) is 9.08. The summed E-state index contributed by atoms with van der Waals surface area (Å²) in [6, 6.07) is 4.18. The lowest BCUT2D eigenvalue weighted by Gasteiger charge is -2.04. The summed E-state index contributed by atoms with van der Waals surface area (Å²) in [6.45, 7) is 0. The van der Waals surface area contributed by atoms with Gasteiger partial charge in [-0.25, -0.2) is 4.39 Å². The third-order valence-corrected chi connectivity index (χ3v) is 1.41. The molecule has 0 saturated heterocycles. The molecular formula is C8H5BFNO. The van der Waals surface area contributed by atoms with E-state index < -0.39 is 5.82 Å². The molecule has 0 aliphatic rings. The molecule has 0 heterocycles. The molecule has 0 aliphatic carbocycles. The Hall–Kier alpha value is -1.50. The second-order valence-electron chi connectivity index (χ2n) is 2.19. The van der Waals surface area contributed by atoms with Gasteiger partial charge in [-0.15, -0.1) is 0 Å². The molecule has 2 radical (unpaired) electrons. The minimum Gasteiger partial charge on any atom is -0.495 e. The topological polar surface area (TPSA) is 33.0 Å². The van der Waals surface area contributed by atoms with E-state index in [1.807, 2.05) is 0 Å². The third kappa shape index (κ3) is 1.40. The van der Waals surface area contributed by atoms with Gasteiger partial charge in [0.05, 0.1) is 7.11 Å². The standard InChI is InChI=1S/C8H5BFNO/c1-12-8-3-5(9)2-7(10)6(8)4-11/h2-3H,1H3. The van der Waals surface area contributed by atoms with Crippen LogP contribution in [0.3, 0.4) is 0 Å². The van der Waals surface area contributed by atoms with Crippen LogP contribution in [0.25, 0.3) is 0 Å². The van der Waals surface area contributed by atoms with Crippen molar-refractivity contribution in [2.24, 2.45) is 0 Å². The van der Waals surface area contributed by atoms with Crippen LogP contribution in [0.5, 0.6) is 5.75 Å². The third-order valence-electron chi connectivity index (χ3n) is 1.41. The second-order valence-corrected chi connectivity index (χ2v) is 2.19. The van der Waals surface area contributed by atoms with Crippen LogP contribution in [-0.4, -0.2) is 15.0 Å². The van der Waals surface area contributed by atoms with Gasteiger partial charge in [0.2, 0.25) is 0 Å². The molecule has 0 aromatic heterocycles. The molecule has 0 saturated carbocycles. The van der Waals surface area contributed by atoms with Crippen molar-refractivity contribution in [1.29, 1.82) is 5.26 Å². The molecule has 0 amide bonds. The van der Waals surface area contributed by atoms with E-state index >= 15 is 0 Å². The first-order valence-electron chi connectivity index (χ1n) is 3.22. The Labute approximate surface area is 71.0 Å². The fraction of sp³-hybridized carbons (Fsp3) is 0.125. The zero-order chi connectivity index (χ0) is 9.14. The summed E-state index contributed by atoms with van der Waals surface area (Å²) in [5.41, 5.74) is 0.120. The lowest BCUT2D eigenvalue weighted by atomic mass is 9.94. The zero-order valence-electron chi connectivity index (χ0n) is 6.47. The van der Waals surface area contributed by atoms with Gasteiger partial charge in [-0.05, 0) is 12.1 Å². The number of rotatable bonds is 1. The van der Waals surface area contributed by atoms with Gasteiger partial charge in [0.15, 0.2) is 0 Å². The summed E-state index contributed by atoms with van der Waals surface area (Å²) in [5, 5.41) is 8.51. The van der Waals surface area contributed by atoms with Crippen molar-refractivity contribution in [3.63, 3.8) is 0 Å². The van der Waals surface area contributed by atoms with Gasteiger partial charge in [-0.3, -0.25) is 0 Å². The highest BCUT2D eigenvalue weighted by Gasteiger charge is 2.08. The smallest absolute Gasteiger partial charge is 0.144 e. The minimum absolute atomic E-state index is 0.119. The number of ether oxygens (including phenoxy) is 1. The highest BCUT2D eigenvalue weighted by Crippen LogP contribution is 2.17. The lowest BCUT2D eigenvalue weighted by Crippen LogP contribution is -2.06. The molecule has 0 N–H and O–H groups in total. The Morgan fingerprint density at radius 1 is 1.58 bits per heavy atom. The van der Waals surface area contributed by atoms with E-state index in [0.29, 0.717) is 0 Å². The Kier molecular flexibility index (Phi) is 2.34. The summed E-state index contributed by atoms with van der Waals surface area (Å²) >= 11 is 0. The molecule has 0 aliphatic heterocycles. The van der Waals surface area contributed by atoms with Gasteiger partial charge in [-0.2, -0.15) is 5.26 Å². The molecule has 1 rings (SSSR count). The van der Waals surface area contributed by atoms with Gasteiger partial charge < -0.3 is 4.74 Å². The van der Waals surface area contributed by atoms with Crippen molar-refractivity contribution in [3.8, 4) is 11.8 Å². The number of benzene rings is 1. The van der Waals surface area contributed by atoms with Crippen LogP contribution in [0.2, 0.25) is 0 Å². The maximum Gasteiger partial charge on any atom is 0.144 e. The van der Waals surface area contributed by atoms with Crippen LogP contribution >= 0.6 is 0 Å². The first-order valence-corrected chi connectivity index (χ1v) is 3.22. The SMILES string of the molecule is [B]c1cc(F)c(C#N)c(OC)c1. The van der Waals surface area contributed by atoms with E-state index in [4.69, 9.17) is 17.8 Å². The number of nitrogens with zero attached hydrogens (tertiary/aromatic N) is 1. The lowest BCUT2D eigenvalue weighted by molar-refractivity contribution is 0.410. The number of hydrogen-bond donors (Lipinski definition) is 0. The van der Waals surface area contributed by atoms with Crippen molar-refractivity contribution in [1.82, 2.24) is 0 Å². The van der Waals surface area contributed by atoms with E-state index in [1.165, 1.54) is 13.2 Å². The predicted octanol–water partition coefficient (Wildman–Crippen LogP) is 0.500. The van der Waals surface area contributed by atoms with Crippen LogP contribution in [-0.2, 0) is 0 Å². The van der Waals surface area contributed by atoms with Crippen LogP contribution in [0.1, 0.15) is 5.56 Å². The van der Waals surface area contributed by atoms with E-state index in [1.54, 1.807) is 6.07 Å². The molecule has 0 bridgehead atoms. The number of nitriles is 1. The highest BCUT2D eigenvalue weighted by molar-refractivity contribution is 6.32. The molecule has 2 nitrogen and oxygen atoms in total. The molecule has 12 heavy (non-hydrogen) atoms. The first kappa shape index (κ1) is 8.60. The Balaban J connectivity index is 3.36. The van der Waals surface area contributed by atoms with Crippen LogP contribution in [0, 0.1) is 17.1 Å². The monoisotopic (exact) mass is 161 g/mol. The van der Waals surface area contributed by atoms with Crippen molar-refractivity contribution in [2.45, 2.75) is 0 Å². The molecule has 0 spiro atoms. The largest absolute Gasteiger partial charge is 0.495 e. The fourth-order valence-corrected chi connectivity index (χ4v) is 0.871. The van der Waals surface area contributed by atoms with Crippen molar-refractivity contribution in [2.75, 3.05) is 7.11 Å². The Morgan fingerprint density at radius 2 is 2.25 bits per heavy atom. The van der Waals surface area contributed by atoms with Gasteiger partial charge >= 0.3 is 0 Å². The molecule has 1 aromatic rings. The summed E-state index contributed by atoms with van der Waals surface area (Å²) in [6.07, 6.45) is 0. The quantitative estimate of drug-likeness (QED) is 0.561. The highest BCUT2D eigenvalue weighted by atomic mass is 19.1. The van der Waals surface area contributed by atoms with Gasteiger partial charge in [0.1, 0.15) is 31.0 Å². The van der Waals surface area contributed by atoms with Crippen molar-refractivity contribution < 1.29 is 9.13 Å². The maximum atomic E-state index is 12.9. The molecular weight excluding hydrogens is 156 g/mol. The van der Waals surface area contributed by atoms with Gasteiger partial charge in [0.25, 0.3) is 0 Å². The summed E-state index contributed by atoms with van der Waals surface area (Å²) < 4.78 is 17.7. The summed E-state index contributed by atoms with van der Waals surface area (Å²) in [5.74, 6) is -0.496. The van der Waals surface area contributed by atoms with Crippen LogP contribution in [0.15, 0.2) is 12.1 Å². The summed E-state index contributed by atoms with van der Waals surface area (Å²) in [7, 11) is 6.69. The van der Waals surface area contributed by atoms with Gasteiger partial charge in [0, 0.05) is 0 Å². The van der Waals surface area contributed by atoms with Crippen molar-refractivity contribution >= 4 is 13.3 Å². The van der Waals surface area contributed by atoms with E-state index in [0.717, 1.165) is 6.07 Å². The molecule has 58 valence electrons. The van der Waals surface area contributed by atoms with Gasteiger partial charge in [-0.1, -0.05) is 5.46 Å². The number of hydrogen-bond acceptors (Lipinski definition) is 2. The molecule has 0 unspecified atom stereocenters. The molecule has 4 heteroatoms. The van der Waals surface area contributed by atoms with Crippen molar-refractivity contribution in [3.05, 3.63) is 23.5 Å². The average molecular weight is 161 g/mol. The maximum absolute atomic E-state index is 12.9. The van der Waals surface area contributed by atoms with Crippen LogP contribution in [0.4, 0.5) is 4.39 Å². The minimum atomic E-state index is -0.658. The molecule has 1 aromatic carbocycles. The first-order chi connectivity index (χ1) is 5.69. The Morgan fingerprint density at radius 3 is 2.75 bits per heavy atom. The summed E-state index contributed by atoms with van der Waals surface area (Å²) in [4.78, 5) is 0. The molecule has 0 fully saturated rings. The van der Waals surface area contributed by atoms with E-state index in [9.17, 15) is 4.39 Å². The average Bonchev–Trinajstić information content (AvgIpc) is 2.03. The zero-order valence-corrected chi connectivity index (χ0v) is 6.47. The second kappa shape index (κ2) is 3.27.